The zero-order valence-electron chi connectivity index (χ0n) is 12.2. The van der Waals surface area contributed by atoms with Gasteiger partial charge in [-0.05, 0) is 40.0 Å². The van der Waals surface area contributed by atoms with Crippen molar-refractivity contribution >= 4 is 0 Å². The molecule has 108 valence electrons. The lowest BCUT2D eigenvalue weighted by Crippen LogP contribution is -2.31. The smallest absolute Gasteiger partial charge is 0.243 e. The second kappa shape index (κ2) is 6.45. The normalized spacial score (nSPS) is 24.3. The number of aromatic nitrogens is 2. The molecule has 0 bridgehead atoms. The van der Waals surface area contributed by atoms with E-state index in [1.54, 1.807) is 0 Å². The number of likely N-dealkylation sites (N-methyl/N-ethyl adjacent to an activating group) is 2. The summed E-state index contributed by atoms with van der Waals surface area (Å²) in [5, 5.41) is 4.14. The van der Waals surface area contributed by atoms with Crippen LogP contribution in [0.1, 0.15) is 50.0 Å². The first-order chi connectivity index (χ1) is 9.11. The van der Waals surface area contributed by atoms with Crippen molar-refractivity contribution in [2.45, 2.75) is 38.3 Å². The van der Waals surface area contributed by atoms with Crippen molar-refractivity contribution in [3.8, 4) is 0 Å². The molecule has 1 aromatic rings. The SMILES string of the molecule is CCC[C@H](N)c1nc(C2CN(C)CCCN2C)no1. The third kappa shape index (κ3) is 3.52. The molecule has 1 aliphatic rings. The van der Waals surface area contributed by atoms with Crippen LogP contribution in [0.4, 0.5) is 0 Å². The highest BCUT2D eigenvalue weighted by molar-refractivity contribution is 4.99. The molecule has 0 saturated carbocycles. The van der Waals surface area contributed by atoms with Crippen LogP contribution in [0.2, 0.25) is 0 Å². The highest BCUT2D eigenvalue weighted by Gasteiger charge is 2.27. The Bertz CT molecular complexity index is 394. The molecule has 1 saturated heterocycles. The Hall–Kier alpha value is -0.980. The summed E-state index contributed by atoms with van der Waals surface area (Å²) in [6, 6.07) is 0.0545. The van der Waals surface area contributed by atoms with Crippen LogP contribution < -0.4 is 5.73 Å². The minimum Gasteiger partial charge on any atom is -0.338 e. The van der Waals surface area contributed by atoms with Gasteiger partial charge in [0.2, 0.25) is 5.89 Å². The van der Waals surface area contributed by atoms with E-state index in [0.29, 0.717) is 5.89 Å². The van der Waals surface area contributed by atoms with E-state index in [-0.39, 0.29) is 12.1 Å². The number of hydrogen-bond donors (Lipinski definition) is 1. The van der Waals surface area contributed by atoms with E-state index in [0.717, 1.165) is 38.3 Å². The van der Waals surface area contributed by atoms with Crippen LogP contribution in [-0.2, 0) is 0 Å². The zero-order chi connectivity index (χ0) is 13.8. The Kier molecular flexibility index (Phi) is 4.90. The minimum absolute atomic E-state index is 0.139. The van der Waals surface area contributed by atoms with Crippen molar-refractivity contribution in [2.24, 2.45) is 5.73 Å². The van der Waals surface area contributed by atoms with Crippen LogP contribution in [0.25, 0.3) is 0 Å². The predicted octanol–water partition coefficient (Wildman–Crippen LogP) is 1.18. The topological polar surface area (TPSA) is 71.4 Å². The molecule has 6 nitrogen and oxygen atoms in total. The molecule has 1 fully saturated rings. The highest BCUT2D eigenvalue weighted by atomic mass is 16.5. The van der Waals surface area contributed by atoms with Gasteiger partial charge in [0, 0.05) is 6.54 Å². The summed E-state index contributed by atoms with van der Waals surface area (Å²) in [6.07, 6.45) is 3.07. The summed E-state index contributed by atoms with van der Waals surface area (Å²) in [4.78, 5) is 9.12. The van der Waals surface area contributed by atoms with Crippen LogP contribution in [0.15, 0.2) is 4.52 Å². The summed E-state index contributed by atoms with van der Waals surface area (Å²) in [5.41, 5.74) is 6.02. The van der Waals surface area contributed by atoms with E-state index in [2.05, 4.69) is 41.0 Å². The van der Waals surface area contributed by atoms with Gasteiger partial charge in [0.05, 0.1) is 12.1 Å². The Morgan fingerprint density at radius 1 is 1.42 bits per heavy atom. The Morgan fingerprint density at radius 3 is 2.95 bits per heavy atom. The van der Waals surface area contributed by atoms with Crippen molar-refractivity contribution in [1.82, 2.24) is 19.9 Å². The third-order valence-electron chi connectivity index (χ3n) is 3.74. The van der Waals surface area contributed by atoms with Crippen molar-refractivity contribution < 1.29 is 4.52 Å². The average Bonchev–Trinajstić information content (AvgIpc) is 2.79. The second-order valence-electron chi connectivity index (χ2n) is 5.50. The molecule has 0 aliphatic carbocycles. The van der Waals surface area contributed by atoms with Gasteiger partial charge >= 0.3 is 0 Å². The van der Waals surface area contributed by atoms with E-state index in [9.17, 15) is 0 Å². The molecule has 0 amide bonds. The van der Waals surface area contributed by atoms with Crippen molar-refractivity contribution in [2.75, 3.05) is 33.7 Å². The van der Waals surface area contributed by atoms with E-state index in [1.165, 1.54) is 6.42 Å². The number of rotatable bonds is 4. The number of hydrogen-bond acceptors (Lipinski definition) is 6. The van der Waals surface area contributed by atoms with Gasteiger partial charge < -0.3 is 15.2 Å². The summed E-state index contributed by atoms with van der Waals surface area (Å²) in [7, 11) is 4.25. The predicted molar refractivity (Wildman–Crippen MR) is 73.6 cm³/mol. The fraction of sp³-hybridized carbons (Fsp3) is 0.846. The molecule has 1 aromatic heterocycles. The standard InChI is InChI=1S/C13H25N5O/c1-4-6-10(14)13-15-12(16-19-13)11-9-17(2)7-5-8-18(11)3/h10-11H,4-9,14H2,1-3H3/t10-,11?/m0/s1. The van der Waals surface area contributed by atoms with Crippen LogP contribution >= 0.6 is 0 Å². The first-order valence-electron chi connectivity index (χ1n) is 7.09. The van der Waals surface area contributed by atoms with Crippen LogP contribution in [0.5, 0.6) is 0 Å². The van der Waals surface area contributed by atoms with Gasteiger partial charge in [0.1, 0.15) is 0 Å². The Morgan fingerprint density at radius 2 is 2.21 bits per heavy atom. The quantitative estimate of drug-likeness (QED) is 0.883. The zero-order valence-corrected chi connectivity index (χ0v) is 12.2. The Labute approximate surface area is 114 Å². The van der Waals surface area contributed by atoms with Crippen LogP contribution in [0.3, 0.4) is 0 Å². The van der Waals surface area contributed by atoms with Crippen LogP contribution in [-0.4, -0.2) is 53.7 Å². The molecule has 1 aliphatic heterocycles. The average molecular weight is 267 g/mol. The lowest BCUT2D eigenvalue weighted by molar-refractivity contribution is 0.214. The third-order valence-corrected chi connectivity index (χ3v) is 3.74. The molecule has 2 heterocycles. The molecule has 2 N–H and O–H groups in total. The molecule has 6 heteroatoms. The Balaban J connectivity index is 2.11. The van der Waals surface area contributed by atoms with Crippen molar-refractivity contribution in [1.29, 1.82) is 0 Å². The fourth-order valence-corrected chi connectivity index (χ4v) is 2.52. The van der Waals surface area contributed by atoms with Crippen molar-refractivity contribution in [3.05, 3.63) is 11.7 Å². The maximum atomic E-state index is 6.02. The van der Waals surface area contributed by atoms with Gasteiger partial charge in [-0.25, -0.2) is 0 Å². The lowest BCUT2D eigenvalue weighted by atomic mass is 10.2. The summed E-state index contributed by atoms with van der Waals surface area (Å²) < 4.78 is 5.33. The van der Waals surface area contributed by atoms with E-state index in [1.807, 2.05) is 0 Å². The van der Waals surface area contributed by atoms with Gasteiger partial charge in [-0.15, -0.1) is 0 Å². The molecular weight excluding hydrogens is 242 g/mol. The van der Waals surface area contributed by atoms with Gasteiger partial charge in [0.15, 0.2) is 5.82 Å². The molecule has 2 rings (SSSR count). The summed E-state index contributed by atoms with van der Waals surface area (Å²) in [5.74, 6) is 1.33. The largest absolute Gasteiger partial charge is 0.338 e. The number of nitrogens with zero attached hydrogens (tertiary/aromatic N) is 4. The summed E-state index contributed by atoms with van der Waals surface area (Å²) in [6.45, 7) is 5.20. The molecule has 19 heavy (non-hydrogen) atoms. The maximum absolute atomic E-state index is 6.02. The van der Waals surface area contributed by atoms with Gasteiger partial charge in [-0.3, -0.25) is 4.90 Å². The second-order valence-corrected chi connectivity index (χ2v) is 5.50. The molecule has 0 spiro atoms. The first-order valence-corrected chi connectivity index (χ1v) is 7.09. The molecule has 1 unspecified atom stereocenters. The fourth-order valence-electron chi connectivity index (χ4n) is 2.52. The monoisotopic (exact) mass is 267 g/mol. The highest BCUT2D eigenvalue weighted by Crippen LogP contribution is 2.22. The molecule has 0 radical (unpaired) electrons. The van der Waals surface area contributed by atoms with Crippen molar-refractivity contribution in [3.63, 3.8) is 0 Å². The van der Waals surface area contributed by atoms with E-state index < -0.39 is 0 Å². The first kappa shape index (κ1) is 14.4. The van der Waals surface area contributed by atoms with E-state index >= 15 is 0 Å². The lowest BCUT2D eigenvalue weighted by Gasteiger charge is -2.24. The molecular formula is C13H25N5O. The van der Waals surface area contributed by atoms with Gasteiger partial charge in [-0.1, -0.05) is 18.5 Å². The molecule has 0 aromatic carbocycles. The summed E-state index contributed by atoms with van der Waals surface area (Å²) >= 11 is 0. The van der Waals surface area contributed by atoms with E-state index in [4.69, 9.17) is 10.3 Å². The molecule has 2 atom stereocenters. The maximum Gasteiger partial charge on any atom is 0.243 e. The minimum atomic E-state index is -0.139. The van der Waals surface area contributed by atoms with Crippen LogP contribution in [0, 0.1) is 0 Å². The number of nitrogens with two attached hydrogens (primary N) is 1. The van der Waals surface area contributed by atoms with Gasteiger partial charge in [-0.2, -0.15) is 4.98 Å². The van der Waals surface area contributed by atoms with Gasteiger partial charge in [0.25, 0.3) is 0 Å².